The lowest BCUT2D eigenvalue weighted by atomic mass is 10.0. The molecule has 0 spiro atoms. The van der Waals surface area contributed by atoms with Gasteiger partial charge in [-0.2, -0.15) is 0 Å². The predicted molar refractivity (Wildman–Crippen MR) is 120 cm³/mol. The van der Waals surface area contributed by atoms with Crippen LogP contribution in [0.3, 0.4) is 0 Å². The van der Waals surface area contributed by atoms with Crippen molar-refractivity contribution in [3.63, 3.8) is 0 Å². The van der Waals surface area contributed by atoms with Crippen LogP contribution in [0.5, 0.6) is 0 Å². The number of benzene rings is 2. The summed E-state index contributed by atoms with van der Waals surface area (Å²) in [5, 5.41) is 2.21. The molecular weight excluding hydrogens is 370 g/mol. The molecule has 0 radical (unpaired) electrons. The second kappa shape index (κ2) is 6.52. The highest BCUT2D eigenvalue weighted by atomic mass is 15.1. The molecular formula is C25H19N5. The number of aryl methyl sites for hydroxylation is 1. The summed E-state index contributed by atoms with van der Waals surface area (Å²) in [5.74, 6) is 0.990. The van der Waals surface area contributed by atoms with Gasteiger partial charge in [0.1, 0.15) is 17.0 Å². The summed E-state index contributed by atoms with van der Waals surface area (Å²) in [6.45, 7) is 2.84. The van der Waals surface area contributed by atoms with E-state index in [4.69, 9.17) is 4.98 Å². The fourth-order valence-corrected chi connectivity index (χ4v) is 4.17. The number of hydrogen-bond acceptors (Lipinski definition) is 3. The zero-order valence-corrected chi connectivity index (χ0v) is 16.5. The highest BCUT2D eigenvalue weighted by Gasteiger charge is 2.13. The minimum Gasteiger partial charge on any atom is -0.346 e. The molecule has 0 saturated carbocycles. The van der Waals surface area contributed by atoms with Crippen molar-refractivity contribution < 1.29 is 0 Å². The van der Waals surface area contributed by atoms with Crippen molar-refractivity contribution in [3.05, 3.63) is 90.6 Å². The Labute approximate surface area is 173 Å². The van der Waals surface area contributed by atoms with E-state index in [0.29, 0.717) is 0 Å². The van der Waals surface area contributed by atoms with Gasteiger partial charge in [-0.25, -0.2) is 9.97 Å². The topological polar surface area (TPSA) is 59.4 Å². The number of aromatic nitrogens is 5. The zero-order valence-electron chi connectivity index (χ0n) is 16.5. The minimum atomic E-state index is 0.781. The third-order valence-corrected chi connectivity index (χ3v) is 5.68. The number of pyridine rings is 2. The molecule has 0 aliphatic rings. The molecule has 5 nitrogen and oxygen atoms in total. The lowest BCUT2D eigenvalue weighted by Gasteiger charge is -2.10. The largest absolute Gasteiger partial charge is 0.346 e. The van der Waals surface area contributed by atoms with Gasteiger partial charge in [-0.1, -0.05) is 36.4 Å². The Morgan fingerprint density at radius 2 is 1.77 bits per heavy atom. The second-order valence-corrected chi connectivity index (χ2v) is 7.59. The average molecular weight is 389 g/mol. The van der Waals surface area contributed by atoms with Gasteiger partial charge in [-0.15, -0.1) is 0 Å². The Morgan fingerprint density at radius 3 is 2.67 bits per heavy atom. The molecule has 6 aromatic rings. The van der Waals surface area contributed by atoms with E-state index in [9.17, 15) is 0 Å². The molecule has 0 aliphatic carbocycles. The van der Waals surface area contributed by atoms with Crippen LogP contribution in [0.2, 0.25) is 0 Å². The third kappa shape index (κ3) is 2.67. The molecule has 0 amide bonds. The Bertz CT molecular complexity index is 1530. The Hall–Kier alpha value is -3.99. The van der Waals surface area contributed by atoms with Gasteiger partial charge in [0.15, 0.2) is 0 Å². The summed E-state index contributed by atoms with van der Waals surface area (Å²) in [7, 11) is 0. The van der Waals surface area contributed by atoms with Crippen LogP contribution in [-0.2, 0) is 6.54 Å². The SMILES string of the molecule is Cc1nc2cnc3ccc(-c4cnc5[nH]ccc5c4)cc3c2n1Cc1ccccc1. The first-order chi connectivity index (χ1) is 14.8. The summed E-state index contributed by atoms with van der Waals surface area (Å²) >= 11 is 0. The monoisotopic (exact) mass is 389 g/mol. The Balaban J connectivity index is 1.57. The predicted octanol–water partition coefficient (Wildman–Crippen LogP) is 5.48. The number of imidazole rings is 1. The van der Waals surface area contributed by atoms with Crippen LogP contribution < -0.4 is 0 Å². The van der Waals surface area contributed by atoms with Gasteiger partial charge >= 0.3 is 0 Å². The van der Waals surface area contributed by atoms with Crippen LogP contribution in [-0.4, -0.2) is 24.5 Å². The van der Waals surface area contributed by atoms with Crippen molar-refractivity contribution in [1.82, 2.24) is 24.5 Å². The van der Waals surface area contributed by atoms with Crippen molar-refractivity contribution in [2.45, 2.75) is 13.5 Å². The summed E-state index contributed by atoms with van der Waals surface area (Å²) in [6, 6.07) is 21.1. The van der Waals surface area contributed by atoms with Gasteiger partial charge in [0, 0.05) is 35.3 Å². The molecule has 5 heteroatoms. The van der Waals surface area contributed by atoms with Crippen molar-refractivity contribution >= 4 is 33.0 Å². The lowest BCUT2D eigenvalue weighted by Crippen LogP contribution is -2.02. The Kier molecular flexibility index (Phi) is 3.68. The van der Waals surface area contributed by atoms with Crippen LogP contribution in [0.25, 0.3) is 44.1 Å². The van der Waals surface area contributed by atoms with E-state index in [1.54, 1.807) is 0 Å². The number of hydrogen-bond donors (Lipinski definition) is 1. The highest BCUT2D eigenvalue weighted by Crippen LogP contribution is 2.30. The van der Waals surface area contributed by atoms with Gasteiger partial charge in [0.05, 0.1) is 17.2 Å². The van der Waals surface area contributed by atoms with Gasteiger partial charge in [0.2, 0.25) is 0 Å². The highest BCUT2D eigenvalue weighted by molar-refractivity contribution is 6.04. The number of nitrogens with zero attached hydrogens (tertiary/aromatic N) is 4. The molecule has 4 heterocycles. The average Bonchev–Trinajstić information content (AvgIpc) is 3.38. The second-order valence-electron chi connectivity index (χ2n) is 7.59. The summed E-state index contributed by atoms with van der Waals surface area (Å²) in [5.41, 5.74) is 7.38. The molecule has 30 heavy (non-hydrogen) atoms. The standard InChI is InChI=1S/C25H19N5/c1-16-29-23-14-27-22-8-7-18(20-11-19-9-10-26-25(19)28-13-20)12-21(22)24(23)30(16)15-17-5-3-2-4-6-17/h2-14H,15H2,1H3,(H,26,28). The van der Waals surface area contributed by atoms with Crippen LogP contribution >= 0.6 is 0 Å². The van der Waals surface area contributed by atoms with Crippen LogP contribution in [0.4, 0.5) is 0 Å². The molecule has 6 rings (SSSR count). The quantitative estimate of drug-likeness (QED) is 0.436. The third-order valence-electron chi connectivity index (χ3n) is 5.68. The fraction of sp³-hybridized carbons (Fsp3) is 0.0800. The van der Waals surface area contributed by atoms with Gasteiger partial charge in [-0.05, 0) is 42.3 Å². The van der Waals surface area contributed by atoms with E-state index < -0.39 is 0 Å². The van der Waals surface area contributed by atoms with E-state index in [1.165, 1.54) is 5.56 Å². The summed E-state index contributed by atoms with van der Waals surface area (Å²) in [6.07, 6.45) is 5.71. The maximum absolute atomic E-state index is 4.78. The molecule has 1 N–H and O–H groups in total. The number of H-pyrrole nitrogens is 1. The lowest BCUT2D eigenvalue weighted by molar-refractivity contribution is 0.788. The molecule has 2 aromatic carbocycles. The van der Waals surface area contributed by atoms with E-state index in [0.717, 1.165) is 56.5 Å². The van der Waals surface area contributed by atoms with E-state index in [-0.39, 0.29) is 0 Å². The zero-order chi connectivity index (χ0) is 20.1. The van der Waals surface area contributed by atoms with E-state index >= 15 is 0 Å². The molecule has 144 valence electrons. The molecule has 0 saturated heterocycles. The molecule has 0 atom stereocenters. The van der Waals surface area contributed by atoms with Crippen molar-refractivity contribution in [2.75, 3.05) is 0 Å². The first-order valence-corrected chi connectivity index (χ1v) is 9.99. The van der Waals surface area contributed by atoms with E-state index in [1.807, 2.05) is 30.7 Å². The van der Waals surface area contributed by atoms with E-state index in [2.05, 4.69) is 75.0 Å². The van der Waals surface area contributed by atoms with Gasteiger partial charge in [-0.3, -0.25) is 4.98 Å². The minimum absolute atomic E-state index is 0.781. The molecule has 0 fully saturated rings. The van der Waals surface area contributed by atoms with Crippen LogP contribution in [0.1, 0.15) is 11.4 Å². The van der Waals surface area contributed by atoms with Gasteiger partial charge in [0.25, 0.3) is 0 Å². The molecule has 0 aliphatic heterocycles. The first-order valence-electron chi connectivity index (χ1n) is 9.99. The molecule has 0 unspecified atom stereocenters. The maximum atomic E-state index is 4.78. The molecule has 4 aromatic heterocycles. The normalized spacial score (nSPS) is 11.6. The number of rotatable bonds is 3. The Morgan fingerprint density at radius 1 is 0.867 bits per heavy atom. The fourth-order valence-electron chi connectivity index (χ4n) is 4.17. The first kappa shape index (κ1) is 16.9. The van der Waals surface area contributed by atoms with Crippen molar-refractivity contribution in [3.8, 4) is 11.1 Å². The number of fused-ring (bicyclic) bond motifs is 4. The maximum Gasteiger partial charge on any atom is 0.137 e. The van der Waals surface area contributed by atoms with Gasteiger partial charge < -0.3 is 9.55 Å². The summed E-state index contributed by atoms with van der Waals surface area (Å²) in [4.78, 5) is 17.1. The molecule has 0 bridgehead atoms. The van der Waals surface area contributed by atoms with Crippen molar-refractivity contribution in [1.29, 1.82) is 0 Å². The van der Waals surface area contributed by atoms with Crippen LogP contribution in [0.15, 0.2) is 79.3 Å². The summed E-state index contributed by atoms with van der Waals surface area (Å²) < 4.78 is 2.28. The van der Waals surface area contributed by atoms with Crippen molar-refractivity contribution in [2.24, 2.45) is 0 Å². The smallest absolute Gasteiger partial charge is 0.137 e. The number of nitrogens with one attached hydrogen (secondary N) is 1. The number of aromatic amines is 1. The van der Waals surface area contributed by atoms with Crippen LogP contribution in [0, 0.1) is 6.92 Å².